The monoisotopic (exact) mass is 293 g/mol. The molecule has 106 valence electrons. The van der Waals surface area contributed by atoms with Crippen LogP contribution in [0.2, 0.25) is 0 Å². The predicted octanol–water partition coefficient (Wildman–Crippen LogP) is 2.48. The van der Waals surface area contributed by atoms with E-state index in [1.165, 1.54) is 18.7 Å². The van der Waals surface area contributed by atoms with Gasteiger partial charge in [0.15, 0.2) is 17.3 Å². The number of nitrogens with one attached hydrogen (secondary N) is 1. The van der Waals surface area contributed by atoms with E-state index in [0.717, 1.165) is 0 Å². The van der Waals surface area contributed by atoms with Crippen molar-refractivity contribution in [2.75, 3.05) is 23.6 Å². The first-order valence-corrected chi connectivity index (χ1v) is 7.20. The van der Waals surface area contributed by atoms with Crippen LogP contribution in [0.1, 0.15) is 17.3 Å². The maximum Gasteiger partial charge on any atom is 0.234 e. The second kappa shape index (κ2) is 6.47. The highest BCUT2D eigenvalue weighted by Crippen LogP contribution is 2.37. The smallest absolute Gasteiger partial charge is 0.234 e. The van der Waals surface area contributed by atoms with Crippen LogP contribution in [0.5, 0.6) is 11.5 Å². The van der Waals surface area contributed by atoms with Crippen LogP contribution in [0.4, 0.5) is 5.69 Å². The topological polar surface area (TPSA) is 64.6 Å². The van der Waals surface area contributed by atoms with Crippen molar-refractivity contribution in [1.82, 2.24) is 0 Å². The van der Waals surface area contributed by atoms with E-state index in [9.17, 15) is 9.59 Å². The van der Waals surface area contributed by atoms with Gasteiger partial charge in [0.25, 0.3) is 0 Å². The molecule has 5 nitrogen and oxygen atoms in total. The van der Waals surface area contributed by atoms with E-state index < -0.39 is 0 Å². The number of thioether (sulfide) groups is 1. The van der Waals surface area contributed by atoms with Crippen molar-refractivity contribution in [3.63, 3.8) is 0 Å². The molecule has 1 heterocycles. The molecule has 1 N–H and O–H groups in total. The third-order valence-electron chi connectivity index (χ3n) is 2.63. The molecule has 20 heavy (non-hydrogen) atoms. The standard InChI is InChI=1S/C14H15NO4S/c1-3-4-20-7-14(17)15-11-6-13-12(18-8-19-13)5-10(11)9(2)16/h3,5-6H,1,4,7-8H2,2H3,(H,15,17). The van der Waals surface area contributed by atoms with E-state index >= 15 is 0 Å². The number of anilines is 1. The molecule has 0 atom stereocenters. The summed E-state index contributed by atoms with van der Waals surface area (Å²) in [6.07, 6.45) is 1.74. The van der Waals surface area contributed by atoms with Crippen LogP contribution in [-0.4, -0.2) is 30.0 Å². The van der Waals surface area contributed by atoms with Crippen molar-refractivity contribution in [1.29, 1.82) is 0 Å². The van der Waals surface area contributed by atoms with Gasteiger partial charge < -0.3 is 14.8 Å². The van der Waals surface area contributed by atoms with Crippen molar-refractivity contribution in [3.8, 4) is 11.5 Å². The average Bonchev–Trinajstić information content (AvgIpc) is 2.85. The number of fused-ring (bicyclic) bond motifs is 1. The number of ether oxygens (including phenoxy) is 2. The molecule has 1 aliphatic heterocycles. The predicted molar refractivity (Wildman–Crippen MR) is 78.7 cm³/mol. The van der Waals surface area contributed by atoms with Crippen molar-refractivity contribution < 1.29 is 19.1 Å². The summed E-state index contributed by atoms with van der Waals surface area (Å²) >= 11 is 1.45. The van der Waals surface area contributed by atoms with Gasteiger partial charge in [-0.05, 0) is 13.0 Å². The van der Waals surface area contributed by atoms with Gasteiger partial charge in [0.05, 0.1) is 11.4 Å². The number of amides is 1. The number of ketones is 1. The highest BCUT2D eigenvalue weighted by molar-refractivity contribution is 8.00. The molecule has 2 rings (SSSR count). The molecular weight excluding hydrogens is 278 g/mol. The minimum absolute atomic E-state index is 0.124. The van der Waals surface area contributed by atoms with E-state index in [1.807, 2.05) is 0 Å². The third kappa shape index (κ3) is 3.33. The molecule has 0 saturated carbocycles. The highest BCUT2D eigenvalue weighted by Gasteiger charge is 2.20. The fourth-order valence-corrected chi connectivity index (χ4v) is 2.30. The summed E-state index contributed by atoms with van der Waals surface area (Å²) in [5.74, 6) is 1.75. The van der Waals surface area contributed by atoms with Gasteiger partial charge in [0.2, 0.25) is 12.7 Å². The highest BCUT2D eigenvalue weighted by atomic mass is 32.2. The molecule has 0 saturated heterocycles. The lowest BCUT2D eigenvalue weighted by atomic mass is 10.1. The van der Waals surface area contributed by atoms with Crippen molar-refractivity contribution in [3.05, 3.63) is 30.4 Å². The lowest BCUT2D eigenvalue weighted by Crippen LogP contribution is -2.16. The molecule has 1 amide bonds. The number of rotatable bonds is 6. The van der Waals surface area contributed by atoms with Gasteiger partial charge in [-0.1, -0.05) is 6.08 Å². The fraction of sp³-hybridized carbons (Fsp3) is 0.286. The molecule has 6 heteroatoms. The van der Waals surface area contributed by atoms with Crippen LogP contribution in [0.3, 0.4) is 0 Å². The van der Waals surface area contributed by atoms with Crippen molar-refractivity contribution in [2.24, 2.45) is 0 Å². The second-order valence-corrected chi connectivity index (χ2v) is 5.19. The normalized spacial score (nSPS) is 12.1. The molecule has 0 radical (unpaired) electrons. The van der Waals surface area contributed by atoms with Crippen molar-refractivity contribution in [2.45, 2.75) is 6.92 Å². The van der Waals surface area contributed by atoms with Crippen LogP contribution >= 0.6 is 11.8 Å². The molecule has 0 fully saturated rings. The molecule has 0 aromatic heterocycles. The Kier molecular flexibility index (Phi) is 4.68. The number of hydrogen-bond donors (Lipinski definition) is 1. The number of benzene rings is 1. The fourth-order valence-electron chi connectivity index (χ4n) is 1.76. The van der Waals surface area contributed by atoms with Gasteiger partial charge in [-0.2, -0.15) is 0 Å². The SMILES string of the molecule is C=CCSCC(=O)Nc1cc2c(cc1C(C)=O)OCO2. The van der Waals surface area contributed by atoms with Crippen molar-refractivity contribution >= 4 is 29.1 Å². The number of hydrogen-bond acceptors (Lipinski definition) is 5. The Morgan fingerprint density at radius 3 is 2.75 bits per heavy atom. The summed E-state index contributed by atoms with van der Waals surface area (Å²) in [5.41, 5.74) is 0.863. The first kappa shape index (κ1) is 14.5. The maximum atomic E-state index is 11.8. The summed E-state index contributed by atoms with van der Waals surface area (Å²) in [6.45, 7) is 5.16. The number of Topliss-reactive ketones (excluding diaryl/α,β-unsaturated/α-hetero) is 1. The summed E-state index contributed by atoms with van der Waals surface area (Å²) in [4.78, 5) is 23.5. The van der Waals surface area contributed by atoms with E-state index in [0.29, 0.717) is 34.3 Å². The number of carbonyl (C=O) groups is 2. The summed E-state index contributed by atoms with van der Waals surface area (Å²) in [6, 6.07) is 3.21. The van der Waals surface area contributed by atoms with Gasteiger partial charge in [-0.3, -0.25) is 9.59 Å². The van der Waals surface area contributed by atoms with E-state index in [2.05, 4.69) is 11.9 Å². The molecule has 0 spiro atoms. The van der Waals surface area contributed by atoms with E-state index in [4.69, 9.17) is 9.47 Å². The lowest BCUT2D eigenvalue weighted by Gasteiger charge is -2.10. The Bertz CT molecular complexity index is 556. The zero-order chi connectivity index (χ0) is 14.5. The second-order valence-electron chi connectivity index (χ2n) is 4.16. The first-order valence-electron chi connectivity index (χ1n) is 6.05. The Hall–Kier alpha value is -1.95. The number of carbonyl (C=O) groups excluding carboxylic acids is 2. The van der Waals surface area contributed by atoms with E-state index in [-0.39, 0.29) is 18.5 Å². The molecule has 1 aromatic rings. The summed E-state index contributed by atoms with van der Waals surface area (Å²) in [7, 11) is 0. The summed E-state index contributed by atoms with van der Waals surface area (Å²) in [5, 5.41) is 2.73. The van der Waals surface area contributed by atoms with Crippen LogP contribution in [0.25, 0.3) is 0 Å². The minimum Gasteiger partial charge on any atom is -0.454 e. The Labute approximate surface area is 121 Å². The first-order chi connectivity index (χ1) is 9.61. The van der Waals surface area contributed by atoms with Crippen LogP contribution < -0.4 is 14.8 Å². The van der Waals surface area contributed by atoms with Crippen LogP contribution in [0.15, 0.2) is 24.8 Å². The van der Waals surface area contributed by atoms with Crippen LogP contribution in [0, 0.1) is 0 Å². The van der Waals surface area contributed by atoms with Gasteiger partial charge in [0, 0.05) is 17.4 Å². The Morgan fingerprint density at radius 2 is 2.10 bits per heavy atom. The molecule has 0 unspecified atom stereocenters. The third-order valence-corrected chi connectivity index (χ3v) is 3.57. The minimum atomic E-state index is -0.168. The van der Waals surface area contributed by atoms with Gasteiger partial charge in [-0.15, -0.1) is 18.3 Å². The Balaban J connectivity index is 2.15. The molecule has 1 aliphatic rings. The van der Waals surface area contributed by atoms with Gasteiger partial charge in [0.1, 0.15) is 0 Å². The van der Waals surface area contributed by atoms with Gasteiger partial charge in [-0.25, -0.2) is 0 Å². The molecular formula is C14H15NO4S. The quantitative estimate of drug-likeness (QED) is 0.496. The van der Waals surface area contributed by atoms with Gasteiger partial charge >= 0.3 is 0 Å². The largest absolute Gasteiger partial charge is 0.454 e. The lowest BCUT2D eigenvalue weighted by molar-refractivity contribution is -0.113. The molecule has 0 aliphatic carbocycles. The Morgan fingerprint density at radius 1 is 1.40 bits per heavy atom. The van der Waals surface area contributed by atoms with Crippen LogP contribution in [-0.2, 0) is 4.79 Å². The zero-order valence-electron chi connectivity index (χ0n) is 11.1. The average molecular weight is 293 g/mol. The zero-order valence-corrected chi connectivity index (χ0v) is 11.9. The molecule has 0 bridgehead atoms. The maximum absolute atomic E-state index is 11.8. The van der Waals surface area contributed by atoms with E-state index in [1.54, 1.807) is 18.2 Å². The molecule has 1 aromatic carbocycles. The summed E-state index contributed by atoms with van der Waals surface area (Å²) < 4.78 is 10.5.